The van der Waals surface area contributed by atoms with Crippen LogP contribution in [0, 0.1) is 0 Å². The summed E-state index contributed by atoms with van der Waals surface area (Å²) >= 11 is 0. The molecule has 1 heterocycles. The summed E-state index contributed by atoms with van der Waals surface area (Å²) in [7, 11) is 0. The molecule has 1 unspecified atom stereocenters. The van der Waals surface area contributed by atoms with Crippen LogP contribution in [0.5, 0.6) is 0 Å². The number of rotatable bonds is 7. The Morgan fingerprint density at radius 3 is 2.39 bits per heavy atom. The maximum atomic E-state index is 12.9. The van der Waals surface area contributed by atoms with Gasteiger partial charge < -0.3 is 10.6 Å². The van der Waals surface area contributed by atoms with Crippen LogP contribution in [0.2, 0.25) is 0 Å². The third-order valence-electron chi connectivity index (χ3n) is 4.80. The van der Waals surface area contributed by atoms with Crippen molar-refractivity contribution in [2.45, 2.75) is 52.0 Å². The molecule has 152 valence electrons. The average Bonchev–Trinajstić information content (AvgIpc) is 2.86. The minimum Gasteiger partial charge on any atom is -0.338 e. The molecule has 0 aliphatic carbocycles. The molecule has 1 aromatic carbocycles. The molecule has 2 rings (SSSR count). The molecular weight excluding hydrogens is 360 g/mol. The predicted octanol–water partition coefficient (Wildman–Crippen LogP) is 2.20. The zero-order chi connectivity index (χ0) is 20.9. The second-order valence-electron chi connectivity index (χ2n) is 7.38. The summed E-state index contributed by atoms with van der Waals surface area (Å²) in [4.78, 5) is 49.7. The highest BCUT2D eigenvalue weighted by atomic mass is 16.2. The molecule has 0 saturated carbocycles. The van der Waals surface area contributed by atoms with Gasteiger partial charge in [0.2, 0.25) is 5.91 Å². The Morgan fingerprint density at radius 1 is 1.18 bits per heavy atom. The molecule has 1 saturated heterocycles. The Kier molecular flexibility index (Phi) is 6.77. The van der Waals surface area contributed by atoms with Crippen LogP contribution in [0.25, 0.3) is 0 Å². The fourth-order valence-electron chi connectivity index (χ4n) is 2.97. The van der Waals surface area contributed by atoms with Gasteiger partial charge in [-0.1, -0.05) is 51.5 Å². The number of urea groups is 2. The molecule has 0 radical (unpaired) electrons. The highest BCUT2D eigenvalue weighted by Crippen LogP contribution is 2.29. The van der Waals surface area contributed by atoms with Crippen molar-refractivity contribution in [3.8, 4) is 0 Å². The van der Waals surface area contributed by atoms with E-state index in [-0.39, 0.29) is 0 Å². The van der Waals surface area contributed by atoms with Gasteiger partial charge in [0.05, 0.1) is 0 Å². The van der Waals surface area contributed by atoms with Gasteiger partial charge in [0.15, 0.2) is 0 Å². The van der Waals surface area contributed by atoms with E-state index >= 15 is 0 Å². The first-order valence-electron chi connectivity index (χ1n) is 9.51. The number of imide groups is 2. The molecule has 8 heteroatoms. The van der Waals surface area contributed by atoms with E-state index < -0.39 is 36.0 Å². The first-order chi connectivity index (χ1) is 13.2. The molecule has 8 nitrogen and oxygen atoms in total. The summed E-state index contributed by atoms with van der Waals surface area (Å²) in [6.45, 7) is 7.65. The van der Waals surface area contributed by atoms with Crippen LogP contribution in [0.3, 0.4) is 0 Å². The maximum absolute atomic E-state index is 12.9. The lowest BCUT2D eigenvalue weighted by atomic mass is 9.90. The second kappa shape index (κ2) is 8.86. The molecule has 6 amide bonds. The number of carbonyl (C=O) groups is 4. The van der Waals surface area contributed by atoms with Gasteiger partial charge in [0, 0.05) is 6.54 Å². The van der Waals surface area contributed by atoms with E-state index in [4.69, 9.17) is 0 Å². The van der Waals surface area contributed by atoms with E-state index in [1.54, 1.807) is 19.1 Å². The largest absolute Gasteiger partial charge is 0.338 e. The molecule has 0 aromatic heterocycles. The first kappa shape index (κ1) is 21.4. The van der Waals surface area contributed by atoms with E-state index in [9.17, 15) is 19.2 Å². The van der Waals surface area contributed by atoms with Gasteiger partial charge in [-0.3, -0.25) is 19.8 Å². The normalized spacial score (nSPS) is 19.0. The number of benzene rings is 1. The quantitative estimate of drug-likeness (QED) is 0.492. The number of carbonyl (C=O) groups excluding carboxylic acids is 4. The Hall–Kier alpha value is -2.90. The minimum absolute atomic E-state index is 0.347. The number of nitrogens with one attached hydrogen (secondary N) is 3. The Bertz CT molecular complexity index is 760. The molecule has 1 aromatic rings. The van der Waals surface area contributed by atoms with Gasteiger partial charge in [-0.15, -0.1) is 0 Å². The lowest BCUT2D eigenvalue weighted by molar-refractivity contribution is -0.134. The van der Waals surface area contributed by atoms with Crippen LogP contribution in [0.4, 0.5) is 9.59 Å². The van der Waals surface area contributed by atoms with E-state index in [2.05, 4.69) is 29.8 Å². The van der Waals surface area contributed by atoms with Crippen molar-refractivity contribution >= 4 is 23.9 Å². The molecule has 1 fully saturated rings. The number of unbranched alkanes of at least 4 members (excludes halogenated alkanes) is 1. The van der Waals surface area contributed by atoms with Crippen molar-refractivity contribution in [3.63, 3.8) is 0 Å². The van der Waals surface area contributed by atoms with Crippen molar-refractivity contribution in [1.29, 1.82) is 0 Å². The third kappa shape index (κ3) is 4.68. The molecule has 3 N–H and O–H groups in total. The third-order valence-corrected chi connectivity index (χ3v) is 4.80. The minimum atomic E-state index is -1.25. The summed E-state index contributed by atoms with van der Waals surface area (Å²) < 4.78 is 0. The monoisotopic (exact) mass is 388 g/mol. The number of amides is 6. The predicted molar refractivity (Wildman–Crippen MR) is 105 cm³/mol. The van der Waals surface area contributed by atoms with Crippen LogP contribution < -0.4 is 16.0 Å². The summed E-state index contributed by atoms with van der Waals surface area (Å²) in [6, 6.07) is 6.14. The molecule has 0 bridgehead atoms. The fraction of sp³-hybridized carbons (Fsp3) is 0.500. The molecular formula is C20H28N4O4. The van der Waals surface area contributed by atoms with Crippen molar-refractivity contribution in [2.24, 2.45) is 0 Å². The van der Waals surface area contributed by atoms with Gasteiger partial charge in [-0.25, -0.2) is 9.59 Å². The summed E-state index contributed by atoms with van der Waals surface area (Å²) in [6.07, 6.45) is 1.70. The van der Waals surface area contributed by atoms with Gasteiger partial charge in [-0.2, -0.15) is 0 Å². The van der Waals surface area contributed by atoms with Gasteiger partial charge in [0.25, 0.3) is 5.91 Å². The molecule has 1 aliphatic heterocycles. The standard InChI is InChI=1S/C20H28N4O4/c1-5-6-11-21-18(27)22-16(25)12-24-17(26)20(4,23-19(24)28)15-9-7-14(8-10-15)13(2)3/h7-10,13H,5-6,11-12H2,1-4H3,(H,23,28)(H2,21,22,25,27). The lowest BCUT2D eigenvalue weighted by Gasteiger charge is -2.22. The van der Waals surface area contributed by atoms with Crippen molar-refractivity contribution in [2.75, 3.05) is 13.1 Å². The highest BCUT2D eigenvalue weighted by molar-refractivity contribution is 6.10. The van der Waals surface area contributed by atoms with Crippen LogP contribution in [-0.2, 0) is 15.1 Å². The van der Waals surface area contributed by atoms with Crippen LogP contribution in [0.1, 0.15) is 57.6 Å². The second-order valence-corrected chi connectivity index (χ2v) is 7.38. The van der Waals surface area contributed by atoms with Crippen molar-refractivity contribution < 1.29 is 19.2 Å². The van der Waals surface area contributed by atoms with E-state index in [0.717, 1.165) is 23.3 Å². The zero-order valence-electron chi connectivity index (χ0n) is 16.8. The van der Waals surface area contributed by atoms with Gasteiger partial charge >= 0.3 is 12.1 Å². The topological polar surface area (TPSA) is 108 Å². The molecule has 1 atom stereocenters. The highest BCUT2D eigenvalue weighted by Gasteiger charge is 2.49. The smallest absolute Gasteiger partial charge is 0.325 e. The first-order valence-corrected chi connectivity index (χ1v) is 9.51. The van der Waals surface area contributed by atoms with Crippen LogP contribution >= 0.6 is 0 Å². The summed E-state index contributed by atoms with van der Waals surface area (Å²) in [5.41, 5.74) is 0.501. The average molecular weight is 388 g/mol. The van der Waals surface area contributed by atoms with E-state index in [0.29, 0.717) is 18.0 Å². The van der Waals surface area contributed by atoms with E-state index in [1.807, 2.05) is 19.1 Å². The van der Waals surface area contributed by atoms with Gasteiger partial charge in [0.1, 0.15) is 12.1 Å². The summed E-state index contributed by atoms with van der Waals surface area (Å²) in [5.74, 6) is -0.910. The van der Waals surface area contributed by atoms with Crippen LogP contribution in [0.15, 0.2) is 24.3 Å². The van der Waals surface area contributed by atoms with E-state index in [1.165, 1.54) is 0 Å². The van der Waals surface area contributed by atoms with Crippen LogP contribution in [-0.4, -0.2) is 41.9 Å². The fourth-order valence-corrected chi connectivity index (χ4v) is 2.97. The zero-order valence-corrected chi connectivity index (χ0v) is 16.8. The Labute approximate surface area is 165 Å². The lowest BCUT2D eigenvalue weighted by Crippen LogP contribution is -2.47. The van der Waals surface area contributed by atoms with Crippen molar-refractivity contribution in [1.82, 2.24) is 20.9 Å². The summed E-state index contributed by atoms with van der Waals surface area (Å²) in [5, 5.41) is 7.33. The molecule has 0 spiro atoms. The Balaban J connectivity index is 2.04. The molecule has 28 heavy (non-hydrogen) atoms. The van der Waals surface area contributed by atoms with Crippen molar-refractivity contribution in [3.05, 3.63) is 35.4 Å². The van der Waals surface area contributed by atoms with Gasteiger partial charge in [-0.05, 0) is 30.4 Å². The molecule has 1 aliphatic rings. The Morgan fingerprint density at radius 2 is 1.82 bits per heavy atom. The number of nitrogens with zero attached hydrogens (tertiary/aromatic N) is 1. The number of hydrogen-bond donors (Lipinski definition) is 3. The number of hydrogen-bond acceptors (Lipinski definition) is 4. The maximum Gasteiger partial charge on any atom is 0.325 e. The SMILES string of the molecule is CCCCNC(=O)NC(=O)CN1C(=O)NC(C)(c2ccc(C(C)C)cc2)C1=O.